The number of aromatic nitrogens is 1. The number of rotatable bonds is 4. The van der Waals surface area contributed by atoms with Crippen molar-refractivity contribution in [2.45, 2.75) is 6.92 Å². The van der Waals surface area contributed by atoms with Crippen LogP contribution in [0.1, 0.15) is 12.5 Å². The maximum atomic E-state index is 9.50. The van der Waals surface area contributed by atoms with Gasteiger partial charge < -0.3 is 15.0 Å². The number of hydrogen-bond acceptors (Lipinski definition) is 5. The summed E-state index contributed by atoms with van der Waals surface area (Å²) in [4.78, 5) is 6.75. The molecule has 1 saturated heterocycles. The van der Waals surface area contributed by atoms with Gasteiger partial charge in [-0.15, -0.1) is 0 Å². The van der Waals surface area contributed by atoms with E-state index in [-0.39, 0.29) is 0 Å². The molecule has 1 fully saturated rings. The molecule has 118 valence electrons. The molecule has 3 rings (SSSR count). The van der Waals surface area contributed by atoms with Crippen LogP contribution in [0.3, 0.4) is 0 Å². The summed E-state index contributed by atoms with van der Waals surface area (Å²) in [7, 11) is 0. The lowest BCUT2D eigenvalue weighted by Gasteiger charge is -2.30. The first-order valence-electron chi connectivity index (χ1n) is 7.92. The standard InChI is InChI=1S/C18H20N4O/c1-2-23-17-16(14-6-4-3-5-7-14)15(12-19)13-21-18(17)22-10-8-20-9-11-22/h3-7,13,20H,2,8-11H2,1H3. The SMILES string of the molecule is CCOc1c(N2CCNCC2)ncc(C#N)c1-c1ccccc1. The molecule has 0 radical (unpaired) electrons. The number of nitrogens with one attached hydrogen (secondary N) is 1. The highest BCUT2D eigenvalue weighted by atomic mass is 16.5. The van der Waals surface area contributed by atoms with Gasteiger partial charge in [-0.05, 0) is 12.5 Å². The molecule has 0 bridgehead atoms. The molecule has 1 aromatic carbocycles. The minimum Gasteiger partial charge on any atom is -0.489 e. The van der Waals surface area contributed by atoms with E-state index in [1.807, 2.05) is 37.3 Å². The Bertz CT molecular complexity index is 703. The van der Waals surface area contributed by atoms with Crippen molar-refractivity contribution >= 4 is 5.82 Å². The maximum absolute atomic E-state index is 9.50. The quantitative estimate of drug-likeness (QED) is 0.940. The van der Waals surface area contributed by atoms with Gasteiger partial charge in [-0.3, -0.25) is 0 Å². The first-order chi connectivity index (χ1) is 11.3. The van der Waals surface area contributed by atoms with Gasteiger partial charge in [0.15, 0.2) is 11.6 Å². The lowest BCUT2D eigenvalue weighted by Crippen LogP contribution is -2.44. The zero-order valence-electron chi connectivity index (χ0n) is 13.2. The van der Waals surface area contributed by atoms with Crippen LogP contribution in [-0.2, 0) is 0 Å². The van der Waals surface area contributed by atoms with Crippen molar-refractivity contribution < 1.29 is 4.74 Å². The number of anilines is 1. The molecule has 2 aromatic rings. The van der Waals surface area contributed by atoms with Crippen LogP contribution in [0.15, 0.2) is 36.5 Å². The van der Waals surface area contributed by atoms with Crippen molar-refractivity contribution in [3.8, 4) is 22.9 Å². The number of nitrogens with zero attached hydrogens (tertiary/aromatic N) is 3. The van der Waals surface area contributed by atoms with Gasteiger partial charge in [-0.2, -0.15) is 5.26 Å². The molecule has 0 unspecified atom stereocenters. The highest BCUT2D eigenvalue weighted by Gasteiger charge is 2.22. The number of piperazine rings is 1. The smallest absolute Gasteiger partial charge is 0.172 e. The van der Waals surface area contributed by atoms with Crippen LogP contribution >= 0.6 is 0 Å². The van der Waals surface area contributed by atoms with Crippen LogP contribution in [0, 0.1) is 11.3 Å². The van der Waals surface area contributed by atoms with E-state index in [9.17, 15) is 5.26 Å². The molecule has 1 aliphatic rings. The second-order valence-electron chi connectivity index (χ2n) is 5.35. The van der Waals surface area contributed by atoms with Gasteiger partial charge in [0.25, 0.3) is 0 Å². The van der Waals surface area contributed by atoms with E-state index in [1.165, 1.54) is 0 Å². The van der Waals surface area contributed by atoms with E-state index in [0.717, 1.165) is 43.1 Å². The van der Waals surface area contributed by atoms with Crippen LogP contribution in [0.2, 0.25) is 0 Å². The van der Waals surface area contributed by atoms with Crippen LogP contribution in [0.25, 0.3) is 11.1 Å². The Kier molecular flexibility index (Phi) is 4.74. The average Bonchev–Trinajstić information content (AvgIpc) is 2.63. The molecule has 2 heterocycles. The normalized spacial score (nSPS) is 14.3. The summed E-state index contributed by atoms with van der Waals surface area (Å²) in [6, 6.07) is 12.2. The van der Waals surface area contributed by atoms with Gasteiger partial charge >= 0.3 is 0 Å². The van der Waals surface area contributed by atoms with E-state index in [4.69, 9.17) is 4.74 Å². The van der Waals surface area contributed by atoms with Gasteiger partial charge in [-0.1, -0.05) is 30.3 Å². The molecule has 23 heavy (non-hydrogen) atoms. The third-order valence-electron chi connectivity index (χ3n) is 3.90. The Labute approximate surface area is 136 Å². The summed E-state index contributed by atoms with van der Waals surface area (Å²) >= 11 is 0. The van der Waals surface area contributed by atoms with Crippen LogP contribution < -0.4 is 15.0 Å². The fraction of sp³-hybridized carbons (Fsp3) is 0.333. The number of ether oxygens (including phenoxy) is 1. The van der Waals surface area contributed by atoms with E-state index < -0.39 is 0 Å². The number of pyridine rings is 1. The van der Waals surface area contributed by atoms with Crippen molar-refractivity contribution in [3.63, 3.8) is 0 Å². The highest BCUT2D eigenvalue weighted by Crippen LogP contribution is 2.39. The Morgan fingerprint density at radius 2 is 2.00 bits per heavy atom. The zero-order valence-corrected chi connectivity index (χ0v) is 13.2. The van der Waals surface area contributed by atoms with E-state index in [0.29, 0.717) is 17.9 Å². The number of benzene rings is 1. The molecule has 0 spiro atoms. The van der Waals surface area contributed by atoms with E-state index in [2.05, 4.69) is 21.3 Å². The topological polar surface area (TPSA) is 61.2 Å². The number of nitriles is 1. The van der Waals surface area contributed by atoms with E-state index in [1.54, 1.807) is 6.20 Å². The fourth-order valence-corrected chi connectivity index (χ4v) is 2.84. The van der Waals surface area contributed by atoms with Gasteiger partial charge in [0.1, 0.15) is 6.07 Å². The zero-order chi connectivity index (χ0) is 16.1. The lowest BCUT2D eigenvalue weighted by molar-refractivity contribution is 0.339. The Hall–Kier alpha value is -2.58. The first kappa shape index (κ1) is 15.3. The highest BCUT2D eigenvalue weighted by molar-refractivity contribution is 5.81. The largest absolute Gasteiger partial charge is 0.489 e. The summed E-state index contributed by atoms with van der Waals surface area (Å²) in [5.41, 5.74) is 2.35. The summed E-state index contributed by atoms with van der Waals surface area (Å²) in [6.07, 6.45) is 1.65. The molecule has 0 saturated carbocycles. The van der Waals surface area contributed by atoms with Crippen molar-refractivity contribution in [2.75, 3.05) is 37.7 Å². The molecule has 1 N–H and O–H groups in total. The Balaban J connectivity index is 2.16. The predicted octanol–water partition coefficient (Wildman–Crippen LogP) is 2.43. The lowest BCUT2D eigenvalue weighted by atomic mass is 10.0. The second-order valence-corrected chi connectivity index (χ2v) is 5.35. The molecule has 0 atom stereocenters. The van der Waals surface area contributed by atoms with Crippen molar-refractivity contribution in [1.29, 1.82) is 5.26 Å². The van der Waals surface area contributed by atoms with Crippen molar-refractivity contribution in [3.05, 3.63) is 42.1 Å². The monoisotopic (exact) mass is 308 g/mol. The van der Waals surface area contributed by atoms with Crippen LogP contribution in [0.4, 0.5) is 5.82 Å². The Morgan fingerprint density at radius 1 is 1.26 bits per heavy atom. The molecule has 1 aliphatic heterocycles. The third-order valence-corrected chi connectivity index (χ3v) is 3.90. The fourth-order valence-electron chi connectivity index (χ4n) is 2.84. The third kappa shape index (κ3) is 3.13. The first-order valence-corrected chi connectivity index (χ1v) is 7.92. The average molecular weight is 308 g/mol. The summed E-state index contributed by atoms with van der Waals surface area (Å²) < 4.78 is 5.94. The summed E-state index contributed by atoms with van der Waals surface area (Å²) in [5, 5.41) is 12.8. The van der Waals surface area contributed by atoms with Crippen LogP contribution in [-0.4, -0.2) is 37.8 Å². The van der Waals surface area contributed by atoms with Gasteiger partial charge in [0, 0.05) is 37.9 Å². The van der Waals surface area contributed by atoms with Gasteiger partial charge in [0.2, 0.25) is 0 Å². The number of hydrogen-bond donors (Lipinski definition) is 1. The van der Waals surface area contributed by atoms with Gasteiger partial charge in [0.05, 0.1) is 12.2 Å². The molecular weight excluding hydrogens is 288 g/mol. The minimum atomic E-state index is 0.537. The second kappa shape index (κ2) is 7.12. The summed E-state index contributed by atoms with van der Waals surface area (Å²) in [5.74, 6) is 1.53. The van der Waals surface area contributed by atoms with Gasteiger partial charge in [-0.25, -0.2) is 4.98 Å². The Morgan fingerprint density at radius 3 is 2.65 bits per heavy atom. The van der Waals surface area contributed by atoms with Crippen LogP contribution in [0.5, 0.6) is 5.75 Å². The van der Waals surface area contributed by atoms with Crippen molar-refractivity contribution in [1.82, 2.24) is 10.3 Å². The molecular formula is C18H20N4O. The molecule has 0 amide bonds. The molecule has 5 nitrogen and oxygen atoms in total. The molecule has 1 aromatic heterocycles. The molecule has 0 aliphatic carbocycles. The predicted molar refractivity (Wildman–Crippen MR) is 90.6 cm³/mol. The minimum absolute atomic E-state index is 0.537. The van der Waals surface area contributed by atoms with E-state index >= 15 is 0 Å². The maximum Gasteiger partial charge on any atom is 0.172 e. The van der Waals surface area contributed by atoms with Crippen molar-refractivity contribution in [2.24, 2.45) is 0 Å². The summed E-state index contributed by atoms with van der Waals surface area (Å²) in [6.45, 7) is 6.10. The molecule has 5 heteroatoms.